The van der Waals surface area contributed by atoms with Crippen LogP contribution in [0.2, 0.25) is 0 Å². The highest BCUT2D eigenvalue weighted by atomic mass is 32.2. The van der Waals surface area contributed by atoms with Crippen LogP contribution in [0.15, 0.2) is 16.8 Å². The smallest absolute Gasteiger partial charge is 0.389 e. The molecule has 0 radical (unpaired) electrons. The number of alkyl halides is 3. The second-order valence-corrected chi connectivity index (χ2v) is 8.45. The van der Waals surface area contributed by atoms with Crippen LogP contribution in [-0.2, 0) is 4.79 Å². The first-order chi connectivity index (χ1) is 10.8. The number of aliphatic imine (C=N–C) groups is 1. The summed E-state index contributed by atoms with van der Waals surface area (Å²) in [6, 6.07) is 0. The Morgan fingerprint density at radius 1 is 1.29 bits per heavy atom. The van der Waals surface area contributed by atoms with Crippen molar-refractivity contribution < 1.29 is 28.3 Å². The molecule has 9 heteroatoms. The number of amidine groups is 1. The molecule has 138 valence electrons. The predicted octanol–water partition coefficient (Wildman–Crippen LogP) is 3.37. The first-order valence-electron chi connectivity index (χ1n) is 7.46. The van der Waals surface area contributed by atoms with Crippen molar-refractivity contribution in [3.05, 3.63) is 11.8 Å². The monoisotopic (exact) mass is 368 g/mol. The summed E-state index contributed by atoms with van der Waals surface area (Å²) < 4.78 is 35.3. The normalized spacial score (nSPS) is 17.8. The number of thioether (sulfide) groups is 1. The van der Waals surface area contributed by atoms with E-state index in [2.05, 4.69) is 4.99 Å². The van der Waals surface area contributed by atoms with Crippen molar-refractivity contribution in [1.29, 1.82) is 0 Å². The Hall–Kier alpha value is -1.06. The molecular formula is C15H23F3N2O3S. The fourth-order valence-electron chi connectivity index (χ4n) is 1.84. The summed E-state index contributed by atoms with van der Waals surface area (Å²) in [6.45, 7) is 6.43. The van der Waals surface area contributed by atoms with Gasteiger partial charge in [-0.3, -0.25) is 10.0 Å². The summed E-state index contributed by atoms with van der Waals surface area (Å²) in [5, 5.41) is 19.9. The maximum Gasteiger partial charge on any atom is 0.389 e. The van der Waals surface area contributed by atoms with E-state index in [0.717, 1.165) is 16.8 Å². The van der Waals surface area contributed by atoms with Crippen molar-refractivity contribution in [2.75, 3.05) is 12.4 Å². The average Bonchev–Trinajstić information content (AvgIpc) is 2.45. The number of amides is 1. The Bertz CT molecular complexity index is 543. The van der Waals surface area contributed by atoms with E-state index < -0.39 is 28.7 Å². The minimum Gasteiger partial charge on any atom is -0.395 e. The maximum absolute atomic E-state index is 12.2. The highest BCUT2D eigenvalue weighted by molar-refractivity contribution is 8.01. The number of carbonyl (C=O) groups is 1. The summed E-state index contributed by atoms with van der Waals surface area (Å²) in [5.74, 6) is -0.295. The molecule has 0 aliphatic carbocycles. The number of hydrogen-bond acceptors (Lipinski definition) is 4. The Balaban J connectivity index is 2.64. The molecular weight excluding hydrogens is 345 g/mol. The van der Waals surface area contributed by atoms with E-state index in [1.165, 1.54) is 6.08 Å². The maximum atomic E-state index is 12.2. The van der Waals surface area contributed by atoms with E-state index in [9.17, 15) is 28.3 Å². The number of halogens is 3. The summed E-state index contributed by atoms with van der Waals surface area (Å²) in [4.78, 5) is 16.0. The Morgan fingerprint density at radius 3 is 2.33 bits per heavy atom. The summed E-state index contributed by atoms with van der Waals surface area (Å²) in [7, 11) is 0. The van der Waals surface area contributed by atoms with Crippen molar-refractivity contribution >= 4 is 23.5 Å². The zero-order valence-electron chi connectivity index (χ0n) is 14.1. The van der Waals surface area contributed by atoms with E-state index in [1.807, 2.05) is 0 Å². The highest BCUT2D eigenvalue weighted by Crippen LogP contribution is 2.34. The number of hydroxylamine groups is 2. The van der Waals surface area contributed by atoms with Crippen molar-refractivity contribution in [3.8, 4) is 0 Å². The van der Waals surface area contributed by atoms with Crippen LogP contribution < -0.4 is 0 Å². The Kier molecular flexibility index (Phi) is 6.51. The molecule has 1 heterocycles. The number of aliphatic hydroxyl groups is 1. The van der Waals surface area contributed by atoms with Crippen molar-refractivity contribution in [2.45, 2.75) is 51.5 Å². The van der Waals surface area contributed by atoms with Crippen LogP contribution in [-0.4, -0.2) is 50.4 Å². The quantitative estimate of drug-likeness (QED) is 0.674. The van der Waals surface area contributed by atoms with Crippen LogP contribution in [0.3, 0.4) is 0 Å². The number of hydrogen-bond donors (Lipinski definition) is 2. The first kappa shape index (κ1) is 21.0. The van der Waals surface area contributed by atoms with E-state index in [4.69, 9.17) is 0 Å². The van der Waals surface area contributed by atoms with Gasteiger partial charge in [-0.2, -0.15) is 18.2 Å². The average molecular weight is 368 g/mol. The lowest BCUT2D eigenvalue weighted by molar-refractivity contribution is -0.134. The lowest BCUT2D eigenvalue weighted by Crippen LogP contribution is -2.44. The second-order valence-electron chi connectivity index (χ2n) is 6.74. The Morgan fingerprint density at radius 2 is 1.88 bits per heavy atom. The van der Waals surface area contributed by atoms with Gasteiger partial charge in [0.2, 0.25) is 0 Å². The van der Waals surface area contributed by atoms with E-state index in [0.29, 0.717) is 5.70 Å². The Labute approximate surface area is 143 Å². The van der Waals surface area contributed by atoms with Crippen LogP contribution in [0.25, 0.3) is 0 Å². The van der Waals surface area contributed by atoms with E-state index in [-0.39, 0.29) is 24.6 Å². The topological polar surface area (TPSA) is 73.1 Å². The molecule has 0 bridgehead atoms. The molecule has 0 spiro atoms. The lowest BCUT2D eigenvalue weighted by Gasteiger charge is -2.38. The third-order valence-corrected chi connectivity index (χ3v) is 4.99. The van der Waals surface area contributed by atoms with Crippen LogP contribution in [0, 0.1) is 5.41 Å². The summed E-state index contributed by atoms with van der Waals surface area (Å²) >= 11 is 1.10. The molecule has 1 rings (SSSR count). The summed E-state index contributed by atoms with van der Waals surface area (Å²) in [5.41, 5.74) is -0.231. The predicted molar refractivity (Wildman–Crippen MR) is 86.8 cm³/mol. The second kappa shape index (κ2) is 7.45. The van der Waals surface area contributed by atoms with Gasteiger partial charge in [-0.05, 0) is 26.0 Å². The van der Waals surface area contributed by atoms with Crippen molar-refractivity contribution in [2.24, 2.45) is 10.4 Å². The lowest BCUT2D eigenvalue weighted by atomic mass is 9.86. The molecule has 2 N–H and O–H groups in total. The van der Waals surface area contributed by atoms with Crippen LogP contribution in [0.1, 0.15) is 40.5 Å². The minimum atomic E-state index is -4.20. The van der Waals surface area contributed by atoms with Gasteiger partial charge in [-0.15, -0.1) is 11.8 Å². The molecule has 0 saturated heterocycles. The fraction of sp³-hybridized carbons (Fsp3) is 0.733. The zero-order valence-corrected chi connectivity index (χ0v) is 15.0. The van der Waals surface area contributed by atoms with Gasteiger partial charge in [0.1, 0.15) is 0 Å². The van der Waals surface area contributed by atoms with Gasteiger partial charge in [-0.1, -0.05) is 13.8 Å². The summed E-state index contributed by atoms with van der Waals surface area (Å²) in [6.07, 6.45) is -3.65. The number of carbonyl (C=O) groups excluding carboxylic acids is 1. The molecule has 5 nitrogen and oxygen atoms in total. The van der Waals surface area contributed by atoms with Crippen LogP contribution in [0.5, 0.6) is 0 Å². The number of nitrogens with zero attached hydrogens (tertiary/aromatic N) is 2. The van der Waals surface area contributed by atoms with Gasteiger partial charge >= 0.3 is 6.18 Å². The molecule has 0 aromatic rings. The minimum absolute atomic E-state index is 0.0560. The van der Waals surface area contributed by atoms with Gasteiger partial charge in [0.25, 0.3) is 5.91 Å². The van der Waals surface area contributed by atoms with E-state index >= 15 is 0 Å². The van der Waals surface area contributed by atoms with Gasteiger partial charge < -0.3 is 5.11 Å². The number of aliphatic hydroxyl groups excluding tert-OH is 1. The van der Waals surface area contributed by atoms with Gasteiger partial charge in [-0.25, -0.2) is 5.06 Å². The first-order valence-corrected chi connectivity index (χ1v) is 8.44. The van der Waals surface area contributed by atoms with Gasteiger partial charge in [0.15, 0.2) is 5.84 Å². The standard InChI is InChI=1S/C15H23F3N2O3S/c1-13(2,9-21)10-8-11(20(10)23)19-12(22)14(3,4)24-7-5-6-15(16,17)18/h8,21,23H,5-7,9H2,1-4H3. The van der Waals surface area contributed by atoms with Crippen LogP contribution in [0.4, 0.5) is 13.2 Å². The molecule has 24 heavy (non-hydrogen) atoms. The SMILES string of the molecule is CC(C)(CO)C1=CC(=NC(=O)C(C)(C)SCCCC(F)(F)F)N1O. The molecule has 0 aromatic heterocycles. The van der Waals surface area contributed by atoms with Crippen molar-refractivity contribution in [3.63, 3.8) is 0 Å². The van der Waals surface area contributed by atoms with E-state index in [1.54, 1.807) is 27.7 Å². The largest absolute Gasteiger partial charge is 0.395 e. The van der Waals surface area contributed by atoms with Gasteiger partial charge in [0, 0.05) is 17.9 Å². The van der Waals surface area contributed by atoms with Gasteiger partial charge in [0.05, 0.1) is 17.1 Å². The molecule has 0 saturated carbocycles. The molecule has 1 aliphatic heterocycles. The molecule has 0 atom stereocenters. The molecule has 1 amide bonds. The molecule has 0 fully saturated rings. The third kappa shape index (κ3) is 5.49. The molecule has 0 aromatic carbocycles. The zero-order chi connectivity index (χ0) is 18.8. The molecule has 0 unspecified atom stereocenters. The van der Waals surface area contributed by atoms with Crippen LogP contribution >= 0.6 is 11.8 Å². The van der Waals surface area contributed by atoms with Crippen molar-refractivity contribution in [1.82, 2.24) is 5.06 Å². The fourth-order valence-corrected chi connectivity index (χ4v) is 2.81. The third-order valence-electron chi connectivity index (χ3n) is 3.60. The number of rotatable bonds is 7. The molecule has 1 aliphatic rings. The highest BCUT2D eigenvalue weighted by Gasteiger charge is 2.37.